The molecule has 11 heteroatoms. The van der Waals surface area contributed by atoms with E-state index in [-0.39, 0.29) is 23.6 Å². The van der Waals surface area contributed by atoms with E-state index >= 15 is 0 Å². The van der Waals surface area contributed by atoms with Crippen molar-refractivity contribution >= 4 is 22.8 Å². The molecule has 3 aromatic rings. The molecular weight excluding hydrogens is 504 g/mol. The van der Waals surface area contributed by atoms with Crippen molar-refractivity contribution in [2.75, 3.05) is 38.1 Å². The molecule has 2 fully saturated rings. The number of ether oxygens (including phenoxy) is 1. The van der Waals surface area contributed by atoms with Gasteiger partial charge < -0.3 is 21.1 Å². The Bertz CT molecular complexity index is 1350. The summed E-state index contributed by atoms with van der Waals surface area (Å²) < 4.78 is 31.8. The lowest BCUT2D eigenvalue weighted by atomic mass is 9.95. The van der Waals surface area contributed by atoms with Gasteiger partial charge in [0.2, 0.25) is 0 Å². The van der Waals surface area contributed by atoms with Crippen LogP contribution < -0.4 is 16.4 Å². The number of amides is 1. The predicted octanol–water partition coefficient (Wildman–Crippen LogP) is 3.68. The molecule has 4 N–H and O–H groups in total. The number of halogens is 2. The predicted molar refractivity (Wildman–Crippen MR) is 146 cm³/mol. The number of morpholine rings is 1. The number of piperidine rings is 1. The monoisotopic (exact) mass is 539 g/mol. The van der Waals surface area contributed by atoms with Crippen molar-refractivity contribution in [2.24, 2.45) is 5.73 Å². The number of carbonyl (C=O) groups excluding carboxylic acids is 1. The van der Waals surface area contributed by atoms with Crippen LogP contribution in [-0.2, 0) is 16.7 Å². The molecule has 2 aliphatic heterocycles. The second-order valence-electron chi connectivity index (χ2n) is 11.3. The van der Waals surface area contributed by atoms with Gasteiger partial charge in [0.1, 0.15) is 16.9 Å². The van der Waals surface area contributed by atoms with Crippen LogP contribution in [-0.4, -0.2) is 70.7 Å². The zero-order valence-electron chi connectivity index (χ0n) is 22.6. The Morgan fingerprint density at radius 2 is 1.97 bits per heavy atom. The number of nitrogens with one attached hydrogen (secondary N) is 2. The van der Waals surface area contributed by atoms with Gasteiger partial charge in [0.05, 0.1) is 24.4 Å². The highest BCUT2D eigenvalue weighted by Gasteiger charge is 2.36. The molecule has 39 heavy (non-hydrogen) atoms. The van der Waals surface area contributed by atoms with Gasteiger partial charge in [-0.25, -0.2) is 15.0 Å². The maximum atomic E-state index is 13.6. The molecule has 0 spiro atoms. The van der Waals surface area contributed by atoms with Crippen LogP contribution in [0.15, 0.2) is 30.3 Å². The van der Waals surface area contributed by atoms with E-state index in [0.29, 0.717) is 41.5 Å². The fourth-order valence-corrected chi connectivity index (χ4v) is 4.93. The lowest BCUT2D eigenvalue weighted by Crippen LogP contribution is -2.46. The van der Waals surface area contributed by atoms with Crippen LogP contribution in [0.2, 0.25) is 0 Å². The van der Waals surface area contributed by atoms with Crippen LogP contribution in [0, 0.1) is 0 Å². The fourth-order valence-electron chi connectivity index (χ4n) is 4.93. The first kappa shape index (κ1) is 27.3. The summed E-state index contributed by atoms with van der Waals surface area (Å²) in [5.41, 5.74) is 8.86. The molecule has 1 amide bonds. The number of nitrogens with zero attached hydrogens (tertiary/aromatic N) is 4. The molecule has 1 aromatic carbocycles. The summed E-state index contributed by atoms with van der Waals surface area (Å²) in [7, 11) is 0. The van der Waals surface area contributed by atoms with Gasteiger partial charge >= 0.3 is 6.11 Å². The number of benzene rings is 1. The van der Waals surface area contributed by atoms with Crippen molar-refractivity contribution in [1.82, 2.24) is 25.2 Å². The topological polar surface area (TPSA) is 118 Å². The van der Waals surface area contributed by atoms with Crippen LogP contribution >= 0.6 is 0 Å². The molecule has 208 valence electrons. The number of carbonyl (C=O) groups is 1. The van der Waals surface area contributed by atoms with E-state index in [4.69, 9.17) is 20.7 Å². The Morgan fingerprint density at radius 1 is 1.21 bits per heavy atom. The summed E-state index contributed by atoms with van der Waals surface area (Å²) >= 11 is 0. The molecule has 1 atom stereocenters. The molecule has 2 aliphatic rings. The number of rotatable bonds is 6. The van der Waals surface area contributed by atoms with Crippen LogP contribution in [0.5, 0.6) is 0 Å². The number of hydrogen-bond acceptors (Lipinski definition) is 8. The summed E-state index contributed by atoms with van der Waals surface area (Å²) in [5.74, 6) is 0.571. The Hall–Kier alpha value is -3.28. The van der Waals surface area contributed by atoms with Gasteiger partial charge in [0.25, 0.3) is 5.91 Å². The van der Waals surface area contributed by atoms with Crippen LogP contribution in [0.4, 0.5) is 14.6 Å². The highest BCUT2D eigenvalue weighted by atomic mass is 19.3. The maximum Gasteiger partial charge on any atom is 0.368 e. The van der Waals surface area contributed by atoms with Crippen LogP contribution in [0.1, 0.15) is 55.4 Å². The standard InChI is InChI=1S/C28H35F2N7O2/c1-27(2,3)26-35-22-20(24(31)38)13-21(34-23(22)25(36-26)33-19-5-4-10-32-14-19)18-8-6-17(7-9-18)15-37-11-12-39-28(29,30)16-37/h6-9,13,19,32H,4-5,10-12,14-16H2,1-3H3,(H2,31,38)(H,33,35,36)/t19-/m0/s1. The van der Waals surface area contributed by atoms with E-state index < -0.39 is 18.6 Å². The minimum absolute atomic E-state index is 0.00568. The van der Waals surface area contributed by atoms with Crippen molar-refractivity contribution in [3.63, 3.8) is 0 Å². The molecule has 9 nitrogen and oxygen atoms in total. The zero-order chi connectivity index (χ0) is 27.8. The molecule has 0 saturated carbocycles. The summed E-state index contributed by atoms with van der Waals surface area (Å²) in [6.45, 7) is 8.21. The number of pyridine rings is 1. The molecule has 2 saturated heterocycles. The quantitative estimate of drug-likeness (QED) is 0.434. The van der Waals surface area contributed by atoms with E-state index in [2.05, 4.69) is 15.4 Å². The third-order valence-corrected chi connectivity index (χ3v) is 7.01. The molecule has 5 rings (SSSR count). The van der Waals surface area contributed by atoms with Crippen molar-refractivity contribution < 1.29 is 18.3 Å². The minimum atomic E-state index is -3.13. The van der Waals surface area contributed by atoms with Crippen molar-refractivity contribution in [3.05, 3.63) is 47.3 Å². The lowest BCUT2D eigenvalue weighted by molar-refractivity contribution is -0.271. The summed E-state index contributed by atoms with van der Waals surface area (Å²) in [6, 6.07) is 9.33. The average molecular weight is 540 g/mol. The maximum absolute atomic E-state index is 13.6. The van der Waals surface area contributed by atoms with Crippen LogP contribution in [0.25, 0.3) is 22.3 Å². The van der Waals surface area contributed by atoms with Crippen LogP contribution in [0.3, 0.4) is 0 Å². The fraction of sp³-hybridized carbons (Fsp3) is 0.500. The van der Waals surface area contributed by atoms with Crippen molar-refractivity contribution in [3.8, 4) is 11.3 Å². The van der Waals surface area contributed by atoms with Gasteiger partial charge in [-0.1, -0.05) is 45.0 Å². The van der Waals surface area contributed by atoms with Crippen molar-refractivity contribution in [2.45, 2.75) is 57.7 Å². The number of alkyl halides is 2. The van der Waals surface area contributed by atoms with E-state index in [1.54, 1.807) is 11.0 Å². The number of primary amides is 1. The highest BCUT2D eigenvalue weighted by molar-refractivity contribution is 6.07. The SMILES string of the molecule is CC(C)(C)c1nc(N[C@H]2CCCNC2)c2nc(-c3ccc(CN4CCOC(F)(F)C4)cc3)cc(C(N)=O)c2n1. The van der Waals surface area contributed by atoms with Gasteiger partial charge in [-0.2, -0.15) is 8.78 Å². The first-order valence-electron chi connectivity index (χ1n) is 13.3. The zero-order valence-corrected chi connectivity index (χ0v) is 22.6. The largest absolute Gasteiger partial charge is 0.368 e. The van der Waals surface area contributed by atoms with Crippen molar-refractivity contribution in [1.29, 1.82) is 0 Å². The number of anilines is 1. The Labute approximate surface area is 226 Å². The van der Waals surface area contributed by atoms with E-state index in [1.165, 1.54) is 0 Å². The highest BCUT2D eigenvalue weighted by Crippen LogP contribution is 2.31. The van der Waals surface area contributed by atoms with Gasteiger partial charge in [-0.3, -0.25) is 9.69 Å². The van der Waals surface area contributed by atoms with Gasteiger partial charge in [0.15, 0.2) is 5.82 Å². The second-order valence-corrected chi connectivity index (χ2v) is 11.3. The molecule has 0 radical (unpaired) electrons. The normalized spacial score (nSPS) is 20.2. The number of fused-ring (bicyclic) bond motifs is 1. The van der Waals surface area contributed by atoms with E-state index in [9.17, 15) is 13.6 Å². The molecule has 0 unspecified atom stereocenters. The summed E-state index contributed by atoms with van der Waals surface area (Å²) in [5, 5.41) is 6.94. The smallest absolute Gasteiger partial charge is 0.366 e. The Morgan fingerprint density at radius 3 is 2.62 bits per heavy atom. The lowest BCUT2D eigenvalue weighted by Gasteiger charge is -2.32. The molecule has 4 heterocycles. The number of nitrogens with two attached hydrogens (primary N) is 1. The van der Waals surface area contributed by atoms with Gasteiger partial charge in [0, 0.05) is 36.7 Å². The third-order valence-electron chi connectivity index (χ3n) is 7.01. The molecular formula is C28H35F2N7O2. The van der Waals surface area contributed by atoms with E-state index in [1.807, 2.05) is 45.0 Å². The summed E-state index contributed by atoms with van der Waals surface area (Å²) in [4.78, 5) is 28.8. The minimum Gasteiger partial charge on any atom is -0.366 e. The average Bonchev–Trinajstić information content (AvgIpc) is 2.88. The first-order valence-corrected chi connectivity index (χ1v) is 13.3. The van der Waals surface area contributed by atoms with E-state index in [0.717, 1.165) is 37.1 Å². The molecule has 0 bridgehead atoms. The third kappa shape index (κ3) is 6.32. The first-order chi connectivity index (χ1) is 18.5. The Kier molecular flexibility index (Phi) is 7.49. The van der Waals surface area contributed by atoms with Gasteiger partial charge in [-0.15, -0.1) is 0 Å². The Balaban J connectivity index is 1.52. The van der Waals surface area contributed by atoms with Gasteiger partial charge in [-0.05, 0) is 31.0 Å². The summed E-state index contributed by atoms with van der Waals surface area (Å²) in [6.07, 6.45) is -1.10. The number of hydrogen-bond donors (Lipinski definition) is 3. The number of aromatic nitrogens is 3. The molecule has 2 aromatic heterocycles. The second kappa shape index (κ2) is 10.7. The molecule has 0 aliphatic carbocycles.